The first-order valence-electron chi connectivity index (χ1n) is 10.2. The molecule has 1 fully saturated rings. The summed E-state index contributed by atoms with van der Waals surface area (Å²) < 4.78 is 0. The highest BCUT2D eigenvalue weighted by atomic mass is 16.1. The highest BCUT2D eigenvalue weighted by Gasteiger charge is 2.17. The van der Waals surface area contributed by atoms with Crippen LogP contribution in [0.2, 0.25) is 0 Å². The lowest BCUT2D eigenvalue weighted by atomic mass is 10.2. The molecular weight excluding hydrogens is 362 g/mol. The molecule has 1 aromatic heterocycles. The van der Waals surface area contributed by atoms with Gasteiger partial charge in [0.1, 0.15) is 5.69 Å². The van der Waals surface area contributed by atoms with E-state index < -0.39 is 0 Å². The first-order chi connectivity index (χ1) is 14.1. The SMILES string of the molecule is CN(C)CCNC(=O)c1cc(N2CCN(C/C=C/c3ccccc3)CC2)ccn1. The molecular formula is C23H31N5O. The van der Waals surface area contributed by atoms with Crippen molar-refractivity contribution in [2.75, 3.05) is 64.8 Å². The van der Waals surface area contributed by atoms with Gasteiger partial charge in [-0.3, -0.25) is 14.7 Å². The van der Waals surface area contributed by atoms with Crippen molar-refractivity contribution in [3.8, 4) is 0 Å². The molecule has 0 unspecified atom stereocenters. The third-order valence-electron chi connectivity index (χ3n) is 5.03. The maximum absolute atomic E-state index is 12.3. The van der Waals surface area contributed by atoms with E-state index in [1.54, 1.807) is 6.20 Å². The normalized spacial score (nSPS) is 15.2. The molecule has 154 valence electrons. The maximum atomic E-state index is 12.3. The minimum Gasteiger partial charge on any atom is -0.369 e. The van der Waals surface area contributed by atoms with Gasteiger partial charge in [0.2, 0.25) is 0 Å². The number of piperazine rings is 1. The molecule has 1 amide bonds. The van der Waals surface area contributed by atoms with E-state index in [9.17, 15) is 4.79 Å². The molecule has 29 heavy (non-hydrogen) atoms. The number of benzene rings is 1. The number of nitrogens with one attached hydrogen (secondary N) is 1. The van der Waals surface area contributed by atoms with Crippen molar-refractivity contribution in [2.45, 2.75) is 0 Å². The fourth-order valence-corrected chi connectivity index (χ4v) is 3.31. The molecule has 0 spiro atoms. The number of amides is 1. The Morgan fingerprint density at radius 3 is 2.62 bits per heavy atom. The van der Waals surface area contributed by atoms with Gasteiger partial charge in [-0.15, -0.1) is 0 Å². The van der Waals surface area contributed by atoms with Gasteiger partial charge < -0.3 is 15.1 Å². The topological polar surface area (TPSA) is 51.7 Å². The van der Waals surface area contributed by atoms with E-state index in [1.165, 1.54) is 5.56 Å². The first-order valence-corrected chi connectivity index (χ1v) is 10.2. The Labute approximate surface area is 173 Å². The Hall–Kier alpha value is -2.70. The highest BCUT2D eigenvalue weighted by Crippen LogP contribution is 2.17. The molecule has 0 atom stereocenters. The Bertz CT molecular complexity index is 798. The van der Waals surface area contributed by atoms with Gasteiger partial charge in [0.15, 0.2) is 0 Å². The average molecular weight is 394 g/mol. The smallest absolute Gasteiger partial charge is 0.269 e. The Balaban J connectivity index is 1.48. The third kappa shape index (κ3) is 6.69. The monoisotopic (exact) mass is 393 g/mol. The fourth-order valence-electron chi connectivity index (χ4n) is 3.31. The van der Waals surface area contributed by atoms with E-state index >= 15 is 0 Å². The molecule has 3 rings (SSSR count). The predicted molar refractivity (Wildman–Crippen MR) is 119 cm³/mol. The van der Waals surface area contributed by atoms with Crippen LogP contribution < -0.4 is 10.2 Å². The van der Waals surface area contributed by atoms with Crippen molar-refractivity contribution >= 4 is 17.7 Å². The van der Waals surface area contributed by atoms with Crippen LogP contribution in [-0.2, 0) is 0 Å². The largest absolute Gasteiger partial charge is 0.369 e. The lowest BCUT2D eigenvalue weighted by molar-refractivity contribution is 0.0946. The molecule has 0 bridgehead atoms. The summed E-state index contributed by atoms with van der Waals surface area (Å²) in [6.45, 7) is 6.30. The zero-order chi connectivity index (χ0) is 20.5. The summed E-state index contributed by atoms with van der Waals surface area (Å²) in [7, 11) is 3.98. The lowest BCUT2D eigenvalue weighted by Gasteiger charge is -2.35. The van der Waals surface area contributed by atoms with Crippen molar-refractivity contribution in [1.82, 2.24) is 20.1 Å². The van der Waals surface area contributed by atoms with E-state index in [1.807, 2.05) is 37.2 Å². The van der Waals surface area contributed by atoms with Crippen LogP contribution in [0.25, 0.3) is 6.08 Å². The maximum Gasteiger partial charge on any atom is 0.269 e. The predicted octanol–water partition coefficient (Wildman–Crippen LogP) is 2.21. The van der Waals surface area contributed by atoms with Crippen molar-refractivity contribution < 1.29 is 4.79 Å². The Kier molecular flexibility index (Phi) is 7.78. The minimum absolute atomic E-state index is 0.113. The van der Waals surface area contributed by atoms with Gasteiger partial charge in [-0.25, -0.2) is 0 Å². The molecule has 0 aliphatic carbocycles. The highest BCUT2D eigenvalue weighted by molar-refractivity contribution is 5.93. The van der Waals surface area contributed by atoms with Crippen LogP contribution in [-0.4, -0.2) is 80.6 Å². The summed E-state index contributed by atoms with van der Waals surface area (Å²) in [4.78, 5) is 23.4. The molecule has 0 radical (unpaired) electrons. The number of nitrogens with zero attached hydrogens (tertiary/aromatic N) is 4. The summed E-state index contributed by atoms with van der Waals surface area (Å²) >= 11 is 0. The number of pyridine rings is 1. The number of hydrogen-bond donors (Lipinski definition) is 1. The first kappa shape index (κ1) is 21.0. The molecule has 1 N–H and O–H groups in total. The molecule has 1 saturated heterocycles. The summed E-state index contributed by atoms with van der Waals surface area (Å²) in [5.41, 5.74) is 2.78. The van der Waals surface area contributed by atoms with Crippen LogP contribution in [0.5, 0.6) is 0 Å². The van der Waals surface area contributed by atoms with E-state index in [0.29, 0.717) is 12.2 Å². The lowest BCUT2D eigenvalue weighted by Crippen LogP contribution is -2.46. The number of aromatic nitrogens is 1. The van der Waals surface area contributed by atoms with Gasteiger partial charge >= 0.3 is 0 Å². The van der Waals surface area contributed by atoms with Gasteiger partial charge in [-0.1, -0.05) is 42.5 Å². The zero-order valence-electron chi connectivity index (χ0n) is 17.4. The van der Waals surface area contributed by atoms with Gasteiger partial charge in [0.05, 0.1) is 0 Å². The Morgan fingerprint density at radius 2 is 1.90 bits per heavy atom. The minimum atomic E-state index is -0.113. The van der Waals surface area contributed by atoms with Crippen LogP contribution in [0, 0.1) is 0 Å². The molecule has 0 saturated carbocycles. The third-order valence-corrected chi connectivity index (χ3v) is 5.03. The van der Waals surface area contributed by atoms with Crippen molar-refractivity contribution in [2.24, 2.45) is 0 Å². The van der Waals surface area contributed by atoms with Crippen LogP contribution in [0.15, 0.2) is 54.7 Å². The molecule has 1 aromatic carbocycles. The summed E-state index contributed by atoms with van der Waals surface area (Å²) in [5, 5.41) is 2.93. The van der Waals surface area contributed by atoms with Gasteiger partial charge in [-0.2, -0.15) is 0 Å². The zero-order valence-corrected chi connectivity index (χ0v) is 17.4. The summed E-state index contributed by atoms with van der Waals surface area (Å²) in [6, 6.07) is 14.3. The van der Waals surface area contributed by atoms with Crippen LogP contribution in [0.4, 0.5) is 5.69 Å². The van der Waals surface area contributed by atoms with E-state index in [2.05, 4.69) is 56.5 Å². The van der Waals surface area contributed by atoms with E-state index in [4.69, 9.17) is 0 Å². The molecule has 1 aliphatic heterocycles. The van der Waals surface area contributed by atoms with Gasteiger partial charge in [-0.05, 0) is 31.8 Å². The molecule has 1 aliphatic rings. The number of rotatable bonds is 8. The molecule has 2 aromatic rings. The second kappa shape index (κ2) is 10.7. The van der Waals surface area contributed by atoms with Crippen LogP contribution in [0.1, 0.15) is 16.1 Å². The molecule has 6 heteroatoms. The average Bonchev–Trinajstić information content (AvgIpc) is 2.75. The second-order valence-corrected chi connectivity index (χ2v) is 7.56. The fraction of sp³-hybridized carbons (Fsp3) is 0.391. The summed E-state index contributed by atoms with van der Waals surface area (Å²) in [6.07, 6.45) is 6.13. The van der Waals surface area contributed by atoms with Crippen molar-refractivity contribution in [1.29, 1.82) is 0 Å². The van der Waals surface area contributed by atoms with Crippen molar-refractivity contribution in [3.63, 3.8) is 0 Å². The number of hydrogen-bond acceptors (Lipinski definition) is 5. The van der Waals surface area contributed by atoms with E-state index in [-0.39, 0.29) is 5.91 Å². The van der Waals surface area contributed by atoms with Gasteiger partial charge in [0, 0.05) is 57.7 Å². The molecule has 6 nitrogen and oxygen atoms in total. The number of carbonyl (C=O) groups is 1. The van der Waals surface area contributed by atoms with Crippen LogP contribution >= 0.6 is 0 Å². The number of carbonyl (C=O) groups excluding carboxylic acids is 1. The molecule has 2 heterocycles. The second-order valence-electron chi connectivity index (χ2n) is 7.56. The number of likely N-dealkylation sites (N-methyl/N-ethyl adjacent to an activating group) is 1. The summed E-state index contributed by atoms with van der Waals surface area (Å²) in [5.74, 6) is -0.113. The van der Waals surface area contributed by atoms with Crippen LogP contribution in [0.3, 0.4) is 0 Å². The number of anilines is 1. The van der Waals surface area contributed by atoms with E-state index in [0.717, 1.165) is 45.0 Å². The Morgan fingerprint density at radius 1 is 1.14 bits per heavy atom. The standard InChI is InChI=1S/C23H31N5O/c1-26(2)14-12-25-23(29)22-19-21(10-11-24-22)28-17-15-27(16-18-28)13-6-9-20-7-4-3-5-8-20/h3-11,19H,12-18H2,1-2H3,(H,25,29)/b9-6+. The van der Waals surface area contributed by atoms with Crippen molar-refractivity contribution in [3.05, 3.63) is 66.0 Å². The van der Waals surface area contributed by atoms with Gasteiger partial charge in [0.25, 0.3) is 5.91 Å². The quantitative estimate of drug-likeness (QED) is 0.745.